The summed E-state index contributed by atoms with van der Waals surface area (Å²) in [5.41, 5.74) is 4.94. The van der Waals surface area contributed by atoms with Gasteiger partial charge < -0.3 is 14.2 Å². The molecule has 8 heteroatoms. The average Bonchev–Trinajstić information content (AvgIpc) is 3.15. The van der Waals surface area contributed by atoms with Gasteiger partial charge in [-0.15, -0.1) is 0 Å². The first kappa shape index (κ1) is 21.7. The molecule has 0 bridgehead atoms. The highest BCUT2D eigenvalue weighted by Gasteiger charge is 2.41. The first-order valence-corrected chi connectivity index (χ1v) is 10.3. The monoisotopic (exact) mass is 427 g/mol. The van der Waals surface area contributed by atoms with Crippen LogP contribution in [-0.4, -0.2) is 53.8 Å². The van der Waals surface area contributed by atoms with Crippen LogP contribution in [0.5, 0.6) is 0 Å². The lowest BCUT2D eigenvalue weighted by molar-refractivity contribution is -0.148. The van der Waals surface area contributed by atoms with Gasteiger partial charge in [0.2, 0.25) is 0 Å². The van der Waals surface area contributed by atoms with Crippen molar-refractivity contribution in [2.24, 2.45) is 0 Å². The topological polar surface area (TPSA) is 71.8 Å². The van der Waals surface area contributed by atoms with Crippen LogP contribution in [0.15, 0.2) is 35.2 Å². The maximum Gasteiger partial charge on any atom is 0.328 e. The number of carbonyl (C=O) groups excluding carboxylic acids is 3. The largest absolute Gasteiger partial charge is 0.467 e. The van der Waals surface area contributed by atoms with Crippen molar-refractivity contribution < 1.29 is 19.1 Å². The number of anilines is 1. The first-order chi connectivity index (χ1) is 14.1. The Kier molecular flexibility index (Phi) is 6.07. The molecule has 1 aromatic heterocycles. The molecule has 2 amide bonds. The summed E-state index contributed by atoms with van der Waals surface area (Å²) in [6.45, 7) is 5.45. The zero-order chi connectivity index (χ0) is 22.2. The lowest BCUT2D eigenvalue weighted by atomic mass is 10.2. The first-order valence-electron chi connectivity index (χ1n) is 9.47. The van der Waals surface area contributed by atoms with Crippen LogP contribution in [0.25, 0.3) is 11.8 Å². The van der Waals surface area contributed by atoms with Gasteiger partial charge in [-0.05, 0) is 74.5 Å². The smallest absolute Gasteiger partial charge is 0.328 e. The van der Waals surface area contributed by atoms with E-state index < -0.39 is 23.2 Å². The average molecular weight is 428 g/mol. The molecule has 1 fully saturated rings. The number of carbonyl (C=O) groups is 3. The van der Waals surface area contributed by atoms with E-state index in [1.807, 2.05) is 63.2 Å². The number of esters is 1. The molecule has 1 aromatic carbocycles. The van der Waals surface area contributed by atoms with Crippen LogP contribution >= 0.6 is 11.8 Å². The predicted molar refractivity (Wildman–Crippen MR) is 119 cm³/mol. The molecule has 1 aliphatic rings. The molecule has 3 rings (SSSR count). The molecule has 7 nitrogen and oxygen atoms in total. The van der Waals surface area contributed by atoms with Gasteiger partial charge in [-0.2, -0.15) is 0 Å². The Morgan fingerprint density at radius 1 is 1.17 bits per heavy atom. The number of nitrogens with zero attached hydrogens (tertiary/aromatic N) is 3. The Balaban J connectivity index is 1.94. The minimum atomic E-state index is -0.962. The fourth-order valence-corrected chi connectivity index (χ4v) is 4.36. The molecule has 0 unspecified atom stereocenters. The Morgan fingerprint density at radius 2 is 1.80 bits per heavy atom. The molecular weight excluding hydrogens is 402 g/mol. The number of benzene rings is 1. The second-order valence-electron chi connectivity index (χ2n) is 7.32. The number of imide groups is 1. The SMILES string of the molecule is COC(=O)[C@@H](C)N1C(=O)S/C(=C/c2cc(C)n(-c3ccc(N(C)C)cc3)c2C)C1=O. The standard InChI is InChI=1S/C22H25N3O4S/c1-13-11-16(14(2)24(13)18-9-7-17(8-10-18)23(4)5)12-19-20(26)25(22(28)30-19)15(3)21(27)29-6/h7-12,15H,1-6H3/b19-12+/t15-/m1/s1. The van der Waals surface area contributed by atoms with Gasteiger partial charge in [0.1, 0.15) is 6.04 Å². The molecular formula is C22H25N3O4S. The second kappa shape index (κ2) is 8.39. The zero-order valence-corrected chi connectivity index (χ0v) is 18.7. The van der Waals surface area contributed by atoms with Gasteiger partial charge >= 0.3 is 5.97 Å². The Hall–Kier alpha value is -3.00. The van der Waals surface area contributed by atoms with Crippen LogP contribution in [0, 0.1) is 13.8 Å². The quantitative estimate of drug-likeness (QED) is 0.535. The number of methoxy groups -OCH3 is 1. The molecule has 0 radical (unpaired) electrons. The van der Waals surface area contributed by atoms with E-state index in [4.69, 9.17) is 0 Å². The van der Waals surface area contributed by atoms with E-state index in [1.165, 1.54) is 14.0 Å². The van der Waals surface area contributed by atoms with Crippen molar-refractivity contribution in [3.63, 3.8) is 0 Å². The lowest BCUT2D eigenvalue weighted by Gasteiger charge is -2.18. The maximum absolute atomic E-state index is 12.8. The zero-order valence-electron chi connectivity index (χ0n) is 17.9. The fourth-order valence-electron chi connectivity index (χ4n) is 3.46. The van der Waals surface area contributed by atoms with E-state index in [0.29, 0.717) is 4.91 Å². The van der Waals surface area contributed by atoms with Gasteiger partial charge in [-0.1, -0.05) is 0 Å². The van der Waals surface area contributed by atoms with Gasteiger partial charge in [-0.3, -0.25) is 14.5 Å². The summed E-state index contributed by atoms with van der Waals surface area (Å²) >= 11 is 0.834. The van der Waals surface area contributed by atoms with Crippen molar-refractivity contribution in [1.29, 1.82) is 0 Å². The van der Waals surface area contributed by atoms with Crippen molar-refractivity contribution in [3.05, 3.63) is 52.2 Å². The fraction of sp³-hybridized carbons (Fsp3) is 0.318. The Morgan fingerprint density at radius 3 is 2.37 bits per heavy atom. The number of rotatable bonds is 5. The van der Waals surface area contributed by atoms with Crippen LogP contribution < -0.4 is 4.90 Å². The van der Waals surface area contributed by atoms with Gasteiger partial charge in [-0.25, -0.2) is 4.79 Å². The molecule has 158 valence electrons. The highest BCUT2D eigenvalue weighted by Crippen LogP contribution is 2.35. The summed E-state index contributed by atoms with van der Waals surface area (Å²) in [6, 6.07) is 9.21. The summed E-state index contributed by atoms with van der Waals surface area (Å²) in [6.07, 6.45) is 1.71. The van der Waals surface area contributed by atoms with E-state index in [1.54, 1.807) is 6.08 Å². The molecule has 30 heavy (non-hydrogen) atoms. The normalized spacial score (nSPS) is 16.3. The summed E-state index contributed by atoms with van der Waals surface area (Å²) in [4.78, 5) is 40.1. The number of hydrogen-bond acceptors (Lipinski definition) is 6. The summed E-state index contributed by atoms with van der Waals surface area (Å²) in [5.74, 6) is -1.11. The van der Waals surface area contributed by atoms with E-state index in [9.17, 15) is 14.4 Å². The van der Waals surface area contributed by atoms with Crippen molar-refractivity contribution in [2.75, 3.05) is 26.1 Å². The summed E-state index contributed by atoms with van der Waals surface area (Å²) < 4.78 is 6.77. The third-order valence-corrected chi connectivity index (χ3v) is 6.02. The van der Waals surface area contributed by atoms with Crippen molar-refractivity contribution in [2.45, 2.75) is 26.8 Å². The van der Waals surface area contributed by atoms with Gasteiger partial charge in [0.25, 0.3) is 11.1 Å². The molecule has 1 aliphatic heterocycles. The minimum absolute atomic E-state index is 0.291. The molecule has 1 atom stereocenters. The molecule has 1 saturated heterocycles. The number of hydrogen-bond donors (Lipinski definition) is 0. The van der Waals surface area contributed by atoms with E-state index in [2.05, 4.69) is 9.30 Å². The number of thioether (sulfide) groups is 1. The highest BCUT2D eigenvalue weighted by atomic mass is 32.2. The van der Waals surface area contributed by atoms with Crippen molar-refractivity contribution in [1.82, 2.24) is 9.47 Å². The predicted octanol–water partition coefficient (Wildman–Crippen LogP) is 3.76. The molecule has 0 spiro atoms. The Labute approximate surface area is 180 Å². The van der Waals surface area contributed by atoms with Gasteiger partial charge in [0.05, 0.1) is 12.0 Å². The number of ether oxygens (including phenoxy) is 1. The third kappa shape index (κ3) is 3.87. The summed E-state index contributed by atoms with van der Waals surface area (Å²) in [7, 11) is 5.22. The molecule has 0 N–H and O–H groups in total. The molecule has 0 saturated carbocycles. The van der Waals surface area contributed by atoms with Crippen molar-refractivity contribution >= 4 is 40.6 Å². The second-order valence-corrected chi connectivity index (χ2v) is 8.32. The van der Waals surface area contributed by atoms with Crippen LogP contribution in [0.4, 0.5) is 10.5 Å². The van der Waals surface area contributed by atoms with Crippen LogP contribution in [0.3, 0.4) is 0 Å². The van der Waals surface area contributed by atoms with E-state index in [-0.39, 0.29) is 0 Å². The molecule has 0 aliphatic carbocycles. The van der Waals surface area contributed by atoms with Crippen LogP contribution in [-0.2, 0) is 14.3 Å². The van der Waals surface area contributed by atoms with Crippen LogP contribution in [0.2, 0.25) is 0 Å². The third-order valence-electron chi connectivity index (χ3n) is 5.13. The molecule has 2 heterocycles. The number of aryl methyl sites for hydroxylation is 1. The Bertz CT molecular complexity index is 1040. The van der Waals surface area contributed by atoms with E-state index in [0.717, 1.165) is 45.0 Å². The minimum Gasteiger partial charge on any atom is -0.467 e. The van der Waals surface area contributed by atoms with E-state index >= 15 is 0 Å². The van der Waals surface area contributed by atoms with Gasteiger partial charge in [0, 0.05) is 36.9 Å². The summed E-state index contributed by atoms with van der Waals surface area (Å²) in [5, 5.41) is -0.475. The molecule has 2 aromatic rings. The van der Waals surface area contributed by atoms with Gasteiger partial charge in [0.15, 0.2) is 0 Å². The maximum atomic E-state index is 12.8. The number of aromatic nitrogens is 1. The van der Waals surface area contributed by atoms with Crippen molar-refractivity contribution in [3.8, 4) is 5.69 Å². The lowest BCUT2D eigenvalue weighted by Crippen LogP contribution is -2.42. The highest BCUT2D eigenvalue weighted by molar-refractivity contribution is 8.18. The van der Waals surface area contributed by atoms with Crippen LogP contribution in [0.1, 0.15) is 23.9 Å². The number of amides is 2.